The number of hydrogen-bond acceptors (Lipinski definition) is 2. The molecule has 3 nitrogen and oxygen atoms in total. The van der Waals surface area contributed by atoms with E-state index in [1.807, 2.05) is 0 Å². The molecule has 3 heteroatoms. The van der Waals surface area contributed by atoms with Gasteiger partial charge in [0.1, 0.15) is 5.78 Å². The first-order chi connectivity index (χ1) is 6.12. The molecule has 0 aromatic heterocycles. The van der Waals surface area contributed by atoms with Gasteiger partial charge >= 0.3 is 5.97 Å². The van der Waals surface area contributed by atoms with Crippen molar-refractivity contribution >= 4 is 11.8 Å². The highest BCUT2D eigenvalue weighted by molar-refractivity contribution is 5.83. The molecule has 0 heterocycles. The molecule has 2 aliphatic rings. The lowest BCUT2D eigenvalue weighted by Gasteiger charge is -2.25. The molecule has 0 aliphatic heterocycles. The summed E-state index contributed by atoms with van der Waals surface area (Å²) in [6.07, 6.45) is 4.45. The summed E-state index contributed by atoms with van der Waals surface area (Å²) in [6.45, 7) is 0. The lowest BCUT2D eigenvalue weighted by atomic mass is 9.77. The monoisotopic (exact) mass is 182 g/mol. The molecule has 2 atom stereocenters. The van der Waals surface area contributed by atoms with E-state index in [-0.39, 0.29) is 17.6 Å². The van der Waals surface area contributed by atoms with Crippen LogP contribution in [-0.4, -0.2) is 16.9 Å². The number of fused-ring (bicyclic) bond motifs is 1. The van der Waals surface area contributed by atoms with Gasteiger partial charge in [0.05, 0.1) is 6.42 Å². The zero-order chi connectivity index (χ0) is 9.47. The summed E-state index contributed by atoms with van der Waals surface area (Å²) in [6, 6.07) is 0. The van der Waals surface area contributed by atoms with Crippen molar-refractivity contribution in [2.75, 3.05) is 0 Å². The van der Waals surface area contributed by atoms with Crippen LogP contribution in [0, 0.1) is 11.3 Å². The molecule has 0 aromatic carbocycles. The van der Waals surface area contributed by atoms with E-state index in [1.54, 1.807) is 0 Å². The van der Waals surface area contributed by atoms with Gasteiger partial charge in [-0.2, -0.15) is 0 Å². The second-order valence-corrected chi connectivity index (χ2v) is 4.44. The predicted molar refractivity (Wildman–Crippen MR) is 46.3 cm³/mol. The summed E-state index contributed by atoms with van der Waals surface area (Å²) in [5, 5.41) is 8.79. The van der Waals surface area contributed by atoms with Crippen LogP contribution >= 0.6 is 0 Å². The van der Waals surface area contributed by atoms with Gasteiger partial charge in [-0.1, -0.05) is 6.42 Å². The number of carbonyl (C=O) groups is 2. The first-order valence-electron chi connectivity index (χ1n) is 4.86. The third-order valence-electron chi connectivity index (χ3n) is 3.62. The van der Waals surface area contributed by atoms with Crippen molar-refractivity contribution in [3.8, 4) is 0 Å². The molecule has 1 N–H and O–H groups in total. The molecule has 0 radical (unpaired) electrons. The molecule has 2 rings (SSSR count). The van der Waals surface area contributed by atoms with Crippen molar-refractivity contribution in [3.63, 3.8) is 0 Å². The fourth-order valence-electron chi connectivity index (χ4n) is 3.10. The molecule has 0 saturated heterocycles. The summed E-state index contributed by atoms with van der Waals surface area (Å²) in [5.41, 5.74) is -0.150. The van der Waals surface area contributed by atoms with E-state index in [1.165, 1.54) is 0 Å². The number of ketones is 1. The van der Waals surface area contributed by atoms with Crippen LogP contribution in [0.25, 0.3) is 0 Å². The van der Waals surface area contributed by atoms with E-state index >= 15 is 0 Å². The fourth-order valence-corrected chi connectivity index (χ4v) is 3.10. The van der Waals surface area contributed by atoms with E-state index in [0.717, 1.165) is 19.3 Å². The van der Waals surface area contributed by atoms with Gasteiger partial charge in [0, 0.05) is 12.8 Å². The molecule has 2 aliphatic carbocycles. The summed E-state index contributed by atoms with van der Waals surface area (Å²) < 4.78 is 0. The van der Waals surface area contributed by atoms with Gasteiger partial charge in [-0.15, -0.1) is 0 Å². The van der Waals surface area contributed by atoms with E-state index in [9.17, 15) is 9.59 Å². The summed E-state index contributed by atoms with van der Waals surface area (Å²) >= 11 is 0. The second-order valence-electron chi connectivity index (χ2n) is 4.44. The first-order valence-corrected chi connectivity index (χ1v) is 4.86. The van der Waals surface area contributed by atoms with Gasteiger partial charge in [-0.3, -0.25) is 9.59 Å². The number of carbonyl (C=O) groups excluding carboxylic acids is 1. The highest BCUT2D eigenvalue weighted by Gasteiger charge is 2.50. The maximum Gasteiger partial charge on any atom is 0.303 e. The Morgan fingerprint density at radius 2 is 2.38 bits per heavy atom. The predicted octanol–water partition coefficient (Wildman–Crippen LogP) is 1.61. The van der Waals surface area contributed by atoms with Gasteiger partial charge in [-0.25, -0.2) is 0 Å². The van der Waals surface area contributed by atoms with E-state index < -0.39 is 5.97 Å². The van der Waals surface area contributed by atoms with Gasteiger partial charge in [-0.05, 0) is 24.2 Å². The van der Waals surface area contributed by atoms with Crippen LogP contribution in [0.2, 0.25) is 0 Å². The second kappa shape index (κ2) is 2.82. The van der Waals surface area contributed by atoms with Crippen LogP contribution in [0.1, 0.15) is 38.5 Å². The quantitative estimate of drug-likeness (QED) is 0.705. The van der Waals surface area contributed by atoms with Crippen molar-refractivity contribution in [2.24, 2.45) is 11.3 Å². The molecule has 0 spiro atoms. The highest BCUT2D eigenvalue weighted by atomic mass is 16.4. The Balaban J connectivity index is 2.18. The molecule has 0 unspecified atom stereocenters. The number of aliphatic carboxylic acids is 1. The maximum absolute atomic E-state index is 11.3. The van der Waals surface area contributed by atoms with Gasteiger partial charge in [0.15, 0.2) is 0 Å². The van der Waals surface area contributed by atoms with Crippen LogP contribution in [0.4, 0.5) is 0 Å². The number of hydrogen-bond donors (Lipinski definition) is 1. The van der Waals surface area contributed by atoms with Crippen molar-refractivity contribution in [1.82, 2.24) is 0 Å². The topological polar surface area (TPSA) is 54.4 Å². The average Bonchev–Trinajstić information content (AvgIpc) is 2.40. The van der Waals surface area contributed by atoms with Crippen LogP contribution in [0.15, 0.2) is 0 Å². The van der Waals surface area contributed by atoms with Crippen molar-refractivity contribution in [1.29, 1.82) is 0 Å². The third kappa shape index (κ3) is 1.36. The Labute approximate surface area is 77.1 Å². The fraction of sp³-hybridized carbons (Fsp3) is 0.800. The Morgan fingerprint density at radius 1 is 1.62 bits per heavy atom. The minimum Gasteiger partial charge on any atom is -0.481 e. The summed E-state index contributed by atoms with van der Waals surface area (Å²) in [5.74, 6) is -0.108. The molecule has 13 heavy (non-hydrogen) atoms. The Bertz CT molecular complexity index is 259. The van der Waals surface area contributed by atoms with Gasteiger partial charge in [0.2, 0.25) is 0 Å². The highest BCUT2D eigenvalue weighted by Crippen LogP contribution is 2.54. The number of Topliss-reactive ketones (excluding diaryl/α,β-unsaturated/α-hetero) is 1. The zero-order valence-electron chi connectivity index (χ0n) is 7.58. The Kier molecular flexibility index (Phi) is 1.90. The number of rotatable bonds is 2. The maximum atomic E-state index is 11.3. The minimum absolute atomic E-state index is 0.150. The number of carboxylic acid groups (broad SMARTS) is 1. The molecular formula is C10H14O3. The normalized spacial score (nSPS) is 37.8. The lowest BCUT2D eigenvalue weighted by Crippen LogP contribution is -2.23. The molecular weight excluding hydrogens is 168 g/mol. The molecule has 0 amide bonds. The van der Waals surface area contributed by atoms with Crippen LogP contribution < -0.4 is 0 Å². The molecule has 0 bridgehead atoms. The lowest BCUT2D eigenvalue weighted by molar-refractivity contribution is -0.140. The first kappa shape index (κ1) is 8.73. The molecule has 0 aromatic rings. The van der Waals surface area contributed by atoms with Crippen molar-refractivity contribution in [3.05, 3.63) is 0 Å². The Morgan fingerprint density at radius 3 is 3.08 bits per heavy atom. The van der Waals surface area contributed by atoms with E-state index in [2.05, 4.69) is 0 Å². The summed E-state index contributed by atoms with van der Waals surface area (Å²) in [4.78, 5) is 21.9. The van der Waals surface area contributed by atoms with Crippen molar-refractivity contribution < 1.29 is 14.7 Å². The van der Waals surface area contributed by atoms with Crippen molar-refractivity contribution in [2.45, 2.75) is 38.5 Å². The van der Waals surface area contributed by atoms with Crippen LogP contribution in [0.3, 0.4) is 0 Å². The Hall–Kier alpha value is -0.860. The van der Waals surface area contributed by atoms with Gasteiger partial charge in [0.25, 0.3) is 0 Å². The largest absolute Gasteiger partial charge is 0.481 e. The van der Waals surface area contributed by atoms with E-state index in [4.69, 9.17) is 5.11 Å². The third-order valence-corrected chi connectivity index (χ3v) is 3.62. The number of carboxylic acids is 1. The standard InChI is InChI=1S/C10H14O3/c11-8-4-7-2-1-3-10(7,5-8)6-9(12)13/h7H,1-6H2,(H,12,13)/t7-,10+/m0/s1. The minimum atomic E-state index is -0.749. The smallest absolute Gasteiger partial charge is 0.303 e. The van der Waals surface area contributed by atoms with Crippen LogP contribution in [-0.2, 0) is 9.59 Å². The SMILES string of the molecule is O=C(O)C[C@]12CCC[C@H]1CC(=O)C2. The zero-order valence-corrected chi connectivity index (χ0v) is 7.58. The van der Waals surface area contributed by atoms with Crippen LogP contribution in [0.5, 0.6) is 0 Å². The molecule has 72 valence electrons. The average molecular weight is 182 g/mol. The molecule has 2 saturated carbocycles. The van der Waals surface area contributed by atoms with E-state index in [0.29, 0.717) is 18.8 Å². The van der Waals surface area contributed by atoms with Gasteiger partial charge < -0.3 is 5.11 Å². The molecule has 2 fully saturated rings. The summed E-state index contributed by atoms with van der Waals surface area (Å²) in [7, 11) is 0.